The van der Waals surface area contributed by atoms with Gasteiger partial charge in [-0.2, -0.15) is 0 Å². The molecule has 1 atom stereocenters. The van der Waals surface area contributed by atoms with Crippen molar-refractivity contribution in [3.05, 3.63) is 47.5 Å². The van der Waals surface area contributed by atoms with E-state index < -0.39 is 0 Å². The molecule has 0 radical (unpaired) electrons. The van der Waals surface area contributed by atoms with Gasteiger partial charge in [-0.15, -0.1) is 10.2 Å². The van der Waals surface area contributed by atoms with E-state index >= 15 is 0 Å². The maximum absolute atomic E-state index is 12.9. The van der Waals surface area contributed by atoms with Crippen LogP contribution in [0.4, 0.5) is 0 Å². The van der Waals surface area contributed by atoms with Crippen LogP contribution in [0.3, 0.4) is 0 Å². The van der Waals surface area contributed by atoms with Crippen LogP contribution < -0.4 is 0 Å². The van der Waals surface area contributed by atoms with Crippen molar-refractivity contribution in [2.75, 3.05) is 20.1 Å². The van der Waals surface area contributed by atoms with Crippen molar-refractivity contribution in [1.82, 2.24) is 24.6 Å². The monoisotopic (exact) mass is 339 g/mol. The highest BCUT2D eigenvalue weighted by Crippen LogP contribution is 2.26. The molecule has 0 bridgehead atoms. The van der Waals surface area contributed by atoms with Gasteiger partial charge in [0.25, 0.3) is 0 Å². The Morgan fingerprint density at radius 1 is 1.08 bits per heavy atom. The molecule has 2 aliphatic rings. The van der Waals surface area contributed by atoms with Gasteiger partial charge in [-0.1, -0.05) is 36.8 Å². The molecule has 6 heteroatoms. The fourth-order valence-electron chi connectivity index (χ4n) is 3.92. The molecule has 0 saturated carbocycles. The Morgan fingerprint density at radius 2 is 1.84 bits per heavy atom. The van der Waals surface area contributed by atoms with E-state index in [-0.39, 0.29) is 11.9 Å². The number of likely N-dealkylation sites (N-methyl/N-ethyl adjacent to an activating group) is 1. The Kier molecular flexibility index (Phi) is 4.53. The lowest BCUT2D eigenvalue weighted by atomic mass is 10.0. The van der Waals surface area contributed by atoms with Crippen LogP contribution in [0.2, 0.25) is 0 Å². The lowest BCUT2D eigenvalue weighted by Gasteiger charge is -2.33. The van der Waals surface area contributed by atoms with Gasteiger partial charge in [-0.25, -0.2) is 0 Å². The van der Waals surface area contributed by atoms with Crippen LogP contribution in [0.1, 0.15) is 42.5 Å². The second-order valence-corrected chi connectivity index (χ2v) is 7.14. The van der Waals surface area contributed by atoms with E-state index in [9.17, 15) is 4.79 Å². The summed E-state index contributed by atoms with van der Waals surface area (Å²) in [5, 5.41) is 8.84. The smallest absolute Gasteiger partial charge is 0.246 e. The highest BCUT2D eigenvalue weighted by Gasteiger charge is 2.34. The summed E-state index contributed by atoms with van der Waals surface area (Å²) in [6.07, 6.45) is 4.49. The summed E-state index contributed by atoms with van der Waals surface area (Å²) in [7, 11) is 1.85. The molecule has 6 nitrogen and oxygen atoms in total. The Bertz CT molecular complexity index is 736. The third-order valence-electron chi connectivity index (χ3n) is 5.27. The number of aromatic nitrogens is 3. The van der Waals surface area contributed by atoms with E-state index in [1.807, 2.05) is 25.2 Å². The number of fused-ring (bicyclic) bond motifs is 1. The SMILES string of the molecule is CN1Cc2nnc(CN3CCCCC3)n2[C@H](Cc2ccccc2)C1=O. The van der Waals surface area contributed by atoms with Gasteiger partial charge in [-0.05, 0) is 31.5 Å². The molecule has 1 amide bonds. The van der Waals surface area contributed by atoms with Crippen LogP contribution >= 0.6 is 0 Å². The van der Waals surface area contributed by atoms with Crippen LogP contribution in [0.15, 0.2) is 30.3 Å². The topological polar surface area (TPSA) is 54.3 Å². The predicted molar refractivity (Wildman–Crippen MR) is 94.8 cm³/mol. The van der Waals surface area contributed by atoms with Gasteiger partial charge in [0.15, 0.2) is 5.82 Å². The summed E-state index contributed by atoms with van der Waals surface area (Å²) in [4.78, 5) is 17.1. The fraction of sp³-hybridized carbons (Fsp3) is 0.526. The zero-order chi connectivity index (χ0) is 17.2. The molecule has 0 aliphatic carbocycles. The summed E-state index contributed by atoms with van der Waals surface area (Å²) in [6, 6.07) is 9.96. The zero-order valence-corrected chi connectivity index (χ0v) is 14.8. The van der Waals surface area contributed by atoms with Gasteiger partial charge in [0.1, 0.15) is 11.9 Å². The summed E-state index contributed by atoms with van der Waals surface area (Å²) in [5.74, 6) is 1.98. The van der Waals surface area contributed by atoms with E-state index in [4.69, 9.17) is 0 Å². The first kappa shape index (κ1) is 16.3. The molecule has 0 spiro atoms. The number of hydrogen-bond donors (Lipinski definition) is 0. The normalized spacial score (nSPS) is 21.4. The number of carbonyl (C=O) groups excluding carboxylic acids is 1. The minimum atomic E-state index is -0.244. The first-order valence-corrected chi connectivity index (χ1v) is 9.16. The quantitative estimate of drug-likeness (QED) is 0.855. The van der Waals surface area contributed by atoms with Gasteiger partial charge < -0.3 is 4.90 Å². The van der Waals surface area contributed by atoms with Crippen LogP contribution in [0.5, 0.6) is 0 Å². The zero-order valence-electron chi connectivity index (χ0n) is 14.8. The molecule has 1 aromatic heterocycles. The third-order valence-corrected chi connectivity index (χ3v) is 5.27. The standard InChI is InChI=1S/C19H25N5O/c1-22-13-17-20-21-18(14-23-10-6-3-7-11-23)24(17)16(19(22)25)12-15-8-4-2-5-9-15/h2,4-5,8-9,16H,3,6-7,10-14H2,1H3/t16-/m1/s1. The molecule has 4 rings (SSSR count). The lowest BCUT2D eigenvalue weighted by Crippen LogP contribution is -2.42. The van der Waals surface area contributed by atoms with Crippen molar-refractivity contribution in [1.29, 1.82) is 0 Å². The summed E-state index contributed by atoms with van der Waals surface area (Å²) in [5.41, 5.74) is 1.17. The van der Waals surface area contributed by atoms with E-state index in [1.165, 1.54) is 24.8 Å². The predicted octanol–water partition coefficient (Wildman–Crippen LogP) is 2.02. The van der Waals surface area contributed by atoms with Crippen LogP contribution in [-0.2, 0) is 24.3 Å². The molecule has 1 saturated heterocycles. The number of amides is 1. The number of piperidine rings is 1. The fourth-order valence-corrected chi connectivity index (χ4v) is 3.92. The second kappa shape index (κ2) is 6.96. The van der Waals surface area contributed by atoms with E-state index in [0.717, 1.165) is 31.3 Å². The molecule has 1 aromatic carbocycles. The average molecular weight is 339 g/mol. The molecule has 1 fully saturated rings. The largest absolute Gasteiger partial charge is 0.336 e. The Morgan fingerprint density at radius 3 is 2.60 bits per heavy atom. The minimum Gasteiger partial charge on any atom is -0.336 e. The Hall–Kier alpha value is -2.21. The molecule has 2 aromatic rings. The van der Waals surface area contributed by atoms with Crippen LogP contribution in [0.25, 0.3) is 0 Å². The molecule has 0 unspecified atom stereocenters. The summed E-state index contributed by atoms with van der Waals surface area (Å²) >= 11 is 0. The van der Waals surface area contributed by atoms with Crippen LogP contribution in [0, 0.1) is 0 Å². The number of benzene rings is 1. The first-order valence-electron chi connectivity index (χ1n) is 9.16. The highest BCUT2D eigenvalue weighted by molar-refractivity contribution is 5.81. The van der Waals surface area contributed by atoms with Crippen molar-refractivity contribution >= 4 is 5.91 Å². The maximum Gasteiger partial charge on any atom is 0.246 e. The van der Waals surface area contributed by atoms with Gasteiger partial charge in [0, 0.05) is 13.5 Å². The molecule has 0 N–H and O–H groups in total. The van der Waals surface area contributed by atoms with E-state index in [2.05, 4.69) is 31.8 Å². The van der Waals surface area contributed by atoms with E-state index in [0.29, 0.717) is 13.0 Å². The van der Waals surface area contributed by atoms with Crippen molar-refractivity contribution in [3.63, 3.8) is 0 Å². The first-order chi connectivity index (χ1) is 12.2. The van der Waals surface area contributed by atoms with Gasteiger partial charge in [0.05, 0.1) is 13.1 Å². The minimum absolute atomic E-state index is 0.149. The van der Waals surface area contributed by atoms with Crippen molar-refractivity contribution in [2.24, 2.45) is 0 Å². The lowest BCUT2D eigenvalue weighted by molar-refractivity contribution is -0.136. The number of carbonyl (C=O) groups is 1. The Labute approximate surface area is 148 Å². The van der Waals surface area contributed by atoms with Gasteiger partial charge in [0.2, 0.25) is 5.91 Å². The van der Waals surface area contributed by atoms with Crippen molar-refractivity contribution in [3.8, 4) is 0 Å². The summed E-state index contributed by atoms with van der Waals surface area (Å²) in [6.45, 7) is 3.55. The second-order valence-electron chi connectivity index (χ2n) is 7.14. The average Bonchev–Trinajstić information content (AvgIpc) is 3.03. The molecule has 132 valence electrons. The van der Waals surface area contributed by atoms with Crippen molar-refractivity contribution < 1.29 is 4.79 Å². The highest BCUT2D eigenvalue weighted by atomic mass is 16.2. The molecule has 3 heterocycles. The molecular weight excluding hydrogens is 314 g/mol. The maximum atomic E-state index is 12.9. The number of hydrogen-bond acceptors (Lipinski definition) is 4. The summed E-state index contributed by atoms with van der Waals surface area (Å²) < 4.78 is 2.10. The third kappa shape index (κ3) is 3.31. The van der Waals surface area contributed by atoms with Crippen LogP contribution in [-0.4, -0.2) is 50.6 Å². The number of nitrogens with zero attached hydrogens (tertiary/aromatic N) is 5. The van der Waals surface area contributed by atoms with Gasteiger partial charge in [-0.3, -0.25) is 14.3 Å². The van der Waals surface area contributed by atoms with Gasteiger partial charge >= 0.3 is 0 Å². The molecule has 2 aliphatic heterocycles. The van der Waals surface area contributed by atoms with Crippen molar-refractivity contribution in [2.45, 2.75) is 44.8 Å². The number of rotatable bonds is 4. The number of likely N-dealkylation sites (tertiary alicyclic amines) is 1. The molecular formula is C19H25N5O. The molecule has 25 heavy (non-hydrogen) atoms. The van der Waals surface area contributed by atoms with E-state index in [1.54, 1.807) is 4.90 Å². The Balaban J connectivity index is 1.63.